The van der Waals surface area contributed by atoms with Crippen LogP contribution < -0.4 is 5.56 Å². The highest BCUT2D eigenvalue weighted by Gasteiger charge is 2.19. The minimum absolute atomic E-state index is 0.0649. The molecule has 1 aromatic heterocycles. The fourth-order valence-electron chi connectivity index (χ4n) is 1.79. The van der Waals surface area contributed by atoms with E-state index in [2.05, 4.69) is 15.1 Å². The van der Waals surface area contributed by atoms with E-state index in [9.17, 15) is 9.59 Å². The van der Waals surface area contributed by atoms with Crippen molar-refractivity contribution in [2.75, 3.05) is 0 Å². The number of azide groups is 1. The number of hydrogen-bond acceptors (Lipinski definition) is 4. The third kappa shape index (κ3) is 2.67. The van der Waals surface area contributed by atoms with Gasteiger partial charge in [-0.3, -0.25) is 9.59 Å². The Kier molecular flexibility index (Phi) is 4.23. The minimum atomic E-state index is -0.973. The molecule has 2 aromatic rings. The van der Waals surface area contributed by atoms with E-state index in [0.717, 1.165) is 4.68 Å². The summed E-state index contributed by atoms with van der Waals surface area (Å²) < 4.78 is 0.891. The second-order valence-corrected chi connectivity index (χ2v) is 4.58. The molecule has 108 valence electrons. The van der Waals surface area contributed by atoms with Crippen LogP contribution >= 0.6 is 11.6 Å². The summed E-state index contributed by atoms with van der Waals surface area (Å²) in [7, 11) is 0. The van der Waals surface area contributed by atoms with Gasteiger partial charge >= 0.3 is 0 Å². The highest BCUT2D eigenvalue weighted by molar-refractivity contribution is 6.30. The molecule has 0 saturated carbocycles. The van der Waals surface area contributed by atoms with Gasteiger partial charge in [0.2, 0.25) is 0 Å². The Balaban J connectivity index is 2.80. The van der Waals surface area contributed by atoms with Crippen LogP contribution in [0, 0.1) is 18.3 Å². The predicted molar refractivity (Wildman–Crippen MR) is 77.8 cm³/mol. The lowest BCUT2D eigenvalue weighted by molar-refractivity contribution is 0.0993. The van der Waals surface area contributed by atoms with Gasteiger partial charge in [-0.05, 0) is 41.8 Å². The normalized spacial score (nSPS) is 9.68. The van der Waals surface area contributed by atoms with E-state index in [1.165, 1.54) is 31.2 Å². The van der Waals surface area contributed by atoms with Crippen molar-refractivity contribution in [1.29, 1.82) is 5.26 Å². The van der Waals surface area contributed by atoms with E-state index in [-0.39, 0.29) is 16.8 Å². The summed E-state index contributed by atoms with van der Waals surface area (Å²) in [5, 5.41) is 16.4. The second kappa shape index (κ2) is 6.10. The lowest BCUT2D eigenvalue weighted by Crippen LogP contribution is -2.27. The molecular formula is C13H7ClN6O2. The lowest BCUT2D eigenvalue weighted by Gasteiger charge is -2.09. The van der Waals surface area contributed by atoms with Crippen LogP contribution in [0.25, 0.3) is 16.1 Å². The summed E-state index contributed by atoms with van der Waals surface area (Å²) in [5.74, 6) is -0.973. The molecule has 0 radical (unpaired) electrons. The molecule has 1 amide bonds. The molecule has 0 aliphatic heterocycles. The molecule has 0 unspecified atom stereocenters. The highest BCUT2D eigenvalue weighted by Crippen LogP contribution is 2.14. The van der Waals surface area contributed by atoms with E-state index in [0.29, 0.717) is 10.7 Å². The van der Waals surface area contributed by atoms with Gasteiger partial charge in [-0.15, -0.1) is 0 Å². The molecule has 9 heteroatoms. The fraction of sp³-hybridized carbons (Fsp3) is 0.0769. The lowest BCUT2D eigenvalue weighted by atomic mass is 10.1. The zero-order valence-electron chi connectivity index (χ0n) is 11.2. The van der Waals surface area contributed by atoms with Gasteiger partial charge in [0.1, 0.15) is 17.3 Å². The molecule has 22 heavy (non-hydrogen) atoms. The molecule has 0 bridgehead atoms. The van der Waals surface area contributed by atoms with Gasteiger partial charge in [-0.1, -0.05) is 11.6 Å². The third-order valence-electron chi connectivity index (χ3n) is 2.86. The molecule has 0 aliphatic rings. The summed E-state index contributed by atoms with van der Waals surface area (Å²) in [6.45, 7) is 1.39. The van der Waals surface area contributed by atoms with Crippen molar-refractivity contribution < 1.29 is 4.79 Å². The number of halogens is 1. The van der Waals surface area contributed by atoms with Crippen LogP contribution in [0.1, 0.15) is 21.6 Å². The Morgan fingerprint density at radius 2 is 2.09 bits per heavy atom. The van der Waals surface area contributed by atoms with E-state index in [1.54, 1.807) is 6.07 Å². The molecule has 0 spiro atoms. The summed E-state index contributed by atoms with van der Waals surface area (Å²) in [6.07, 6.45) is 0. The van der Waals surface area contributed by atoms with Crippen LogP contribution in [0.3, 0.4) is 0 Å². The summed E-state index contributed by atoms with van der Waals surface area (Å²) in [5.41, 5.74) is 7.54. The molecule has 2 rings (SSSR count). The molecular weight excluding hydrogens is 308 g/mol. The molecule has 1 heterocycles. The van der Waals surface area contributed by atoms with Gasteiger partial charge < -0.3 is 0 Å². The fourth-order valence-corrected chi connectivity index (χ4v) is 1.91. The van der Waals surface area contributed by atoms with Gasteiger partial charge in [0, 0.05) is 15.5 Å². The molecule has 0 fully saturated rings. The Labute approximate surface area is 128 Å². The number of benzene rings is 1. The van der Waals surface area contributed by atoms with E-state index < -0.39 is 11.5 Å². The maximum atomic E-state index is 12.3. The van der Waals surface area contributed by atoms with E-state index in [1.807, 2.05) is 0 Å². The number of rotatable bonds is 2. The Hall–Kier alpha value is -3.14. The molecule has 0 N–H and O–H groups in total. The summed E-state index contributed by atoms with van der Waals surface area (Å²) >= 11 is 5.78. The van der Waals surface area contributed by atoms with Crippen LogP contribution in [-0.2, 0) is 0 Å². The third-order valence-corrected chi connectivity index (χ3v) is 3.11. The predicted octanol–water partition coefficient (Wildman–Crippen LogP) is 2.52. The first-order chi connectivity index (χ1) is 10.5. The standard InChI is InChI=1S/C13H7ClN6O2/c1-7-10(6-15)13(22)20(9-4-2-8(14)3-5-9)18-11(7)12(21)17-19-16/h2-5H,1H3. The van der Waals surface area contributed by atoms with Crippen molar-refractivity contribution in [1.82, 2.24) is 9.78 Å². The number of nitriles is 1. The van der Waals surface area contributed by atoms with Gasteiger partial charge in [0.05, 0.1) is 5.69 Å². The summed E-state index contributed by atoms with van der Waals surface area (Å²) in [4.78, 5) is 26.4. The van der Waals surface area contributed by atoms with E-state index in [4.69, 9.17) is 22.4 Å². The molecule has 1 aromatic carbocycles. The SMILES string of the molecule is Cc1c(C(=O)N=[N+]=[N-])nn(-c2ccc(Cl)cc2)c(=O)c1C#N. The number of nitrogens with zero attached hydrogens (tertiary/aromatic N) is 6. The second-order valence-electron chi connectivity index (χ2n) is 4.15. The monoisotopic (exact) mass is 314 g/mol. The average molecular weight is 315 g/mol. The van der Waals surface area contributed by atoms with Crippen molar-refractivity contribution >= 4 is 17.5 Å². The van der Waals surface area contributed by atoms with Crippen LogP contribution in [0.2, 0.25) is 5.02 Å². The van der Waals surface area contributed by atoms with Crippen LogP contribution in [-0.4, -0.2) is 15.7 Å². The van der Waals surface area contributed by atoms with Crippen LogP contribution in [0.4, 0.5) is 0 Å². The number of carbonyl (C=O) groups is 1. The number of hydrogen-bond donors (Lipinski definition) is 0. The van der Waals surface area contributed by atoms with Gasteiger partial charge in [-0.25, -0.2) is 0 Å². The Morgan fingerprint density at radius 3 is 2.64 bits per heavy atom. The smallest absolute Gasteiger partial charge is 0.285 e. The molecule has 0 aliphatic carbocycles. The Morgan fingerprint density at radius 1 is 1.45 bits per heavy atom. The zero-order valence-corrected chi connectivity index (χ0v) is 11.9. The maximum Gasteiger partial charge on any atom is 0.289 e. The molecule has 0 atom stereocenters. The van der Waals surface area contributed by atoms with Gasteiger partial charge in [-0.2, -0.15) is 15.0 Å². The van der Waals surface area contributed by atoms with Crippen molar-refractivity contribution in [3.8, 4) is 11.8 Å². The minimum Gasteiger partial charge on any atom is -0.285 e. The first-order valence-electron chi connectivity index (χ1n) is 5.89. The Bertz CT molecular complexity index is 904. The first kappa shape index (κ1) is 15.3. The largest absolute Gasteiger partial charge is 0.289 e. The zero-order chi connectivity index (χ0) is 16.3. The van der Waals surface area contributed by atoms with Gasteiger partial charge in [0.15, 0.2) is 0 Å². The van der Waals surface area contributed by atoms with E-state index >= 15 is 0 Å². The highest BCUT2D eigenvalue weighted by atomic mass is 35.5. The van der Waals surface area contributed by atoms with Crippen LogP contribution in [0.5, 0.6) is 0 Å². The van der Waals surface area contributed by atoms with Crippen molar-refractivity contribution in [2.45, 2.75) is 6.92 Å². The topological polar surface area (TPSA) is 125 Å². The maximum absolute atomic E-state index is 12.3. The van der Waals surface area contributed by atoms with Crippen LogP contribution in [0.15, 0.2) is 34.2 Å². The van der Waals surface area contributed by atoms with Crippen molar-refractivity contribution in [3.05, 3.63) is 66.9 Å². The number of amides is 1. The summed E-state index contributed by atoms with van der Waals surface area (Å²) in [6, 6.07) is 7.82. The number of aromatic nitrogens is 2. The van der Waals surface area contributed by atoms with Crippen molar-refractivity contribution in [2.24, 2.45) is 5.11 Å². The number of carbonyl (C=O) groups excluding carboxylic acids is 1. The average Bonchev–Trinajstić information content (AvgIpc) is 2.49. The first-order valence-corrected chi connectivity index (χ1v) is 6.26. The molecule has 8 nitrogen and oxygen atoms in total. The quantitative estimate of drug-likeness (QED) is 0.479. The molecule has 0 saturated heterocycles. The van der Waals surface area contributed by atoms with Gasteiger partial charge in [0.25, 0.3) is 11.5 Å². The van der Waals surface area contributed by atoms with Crippen molar-refractivity contribution in [3.63, 3.8) is 0 Å².